The van der Waals surface area contributed by atoms with Gasteiger partial charge < -0.3 is 0 Å². The highest BCUT2D eigenvalue weighted by Gasteiger charge is 2.18. The molecule has 0 fully saturated rings. The molecule has 0 aromatic heterocycles. The average molecular weight is 328 g/mol. The van der Waals surface area contributed by atoms with Crippen LogP contribution in [0.4, 0.5) is 8.78 Å². The van der Waals surface area contributed by atoms with E-state index in [-0.39, 0.29) is 10.9 Å². The van der Waals surface area contributed by atoms with Crippen LogP contribution in [0.5, 0.6) is 0 Å². The molecule has 0 saturated heterocycles. The minimum Gasteiger partial charge on any atom is -0.268 e. The van der Waals surface area contributed by atoms with Gasteiger partial charge in [-0.3, -0.25) is 4.79 Å². The van der Waals surface area contributed by atoms with Crippen molar-refractivity contribution < 1.29 is 22.0 Å². The first-order valence-corrected chi connectivity index (χ1v) is 7.32. The predicted octanol–water partition coefficient (Wildman–Crippen LogP) is 1.55. The predicted molar refractivity (Wildman–Crippen MR) is 61.3 cm³/mol. The number of amides is 1. The first-order chi connectivity index (χ1) is 7.74. The molecular formula is C9H8BrF2NO3S. The number of carbonyl (C=O) groups is 1. The smallest absolute Gasteiger partial charge is 0.267 e. The van der Waals surface area contributed by atoms with E-state index in [1.807, 2.05) is 0 Å². The van der Waals surface area contributed by atoms with Crippen LogP contribution >= 0.6 is 15.9 Å². The maximum atomic E-state index is 13.4. The highest BCUT2D eigenvalue weighted by Crippen LogP contribution is 2.17. The third-order valence-electron chi connectivity index (χ3n) is 1.80. The zero-order chi connectivity index (χ0) is 13.2. The Kier molecular flexibility index (Phi) is 4.21. The summed E-state index contributed by atoms with van der Waals surface area (Å²) in [6, 6.07) is 1.49. The minimum atomic E-state index is -3.81. The van der Waals surface area contributed by atoms with Gasteiger partial charge in [0, 0.05) is 10.9 Å². The minimum absolute atomic E-state index is 0.0402. The summed E-state index contributed by atoms with van der Waals surface area (Å²) in [5, 5.41) is 0.0870. The largest absolute Gasteiger partial charge is 0.268 e. The van der Waals surface area contributed by atoms with Crippen LogP contribution in [0.25, 0.3) is 0 Å². The molecule has 17 heavy (non-hydrogen) atoms. The van der Waals surface area contributed by atoms with Gasteiger partial charge in [-0.15, -0.1) is 0 Å². The molecule has 1 aromatic rings. The summed E-state index contributed by atoms with van der Waals surface area (Å²) in [6.07, 6.45) is 0.742. The first-order valence-electron chi connectivity index (χ1n) is 4.30. The highest BCUT2D eigenvalue weighted by atomic mass is 79.9. The van der Waals surface area contributed by atoms with E-state index in [2.05, 4.69) is 15.9 Å². The number of alkyl halides is 1. The quantitative estimate of drug-likeness (QED) is 0.857. The van der Waals surface area contributed by atoms with Crippen LogP contribution in [-0.2, 0) is 15.4 Å². The Balaban J connectivity index is 3.16. The lowest BCUT2D eigenvalue weighted by Crippen LogP contribution is -2.30. The number of hydrogen-bond acceptors (Lipinski definition) is 3. The monoisotopic (exact) mass is 327 g/mol. The number of halogens is 3. The number of hydrogen-bond donors (Lipinski definition) is 1. The fraction of sp³-hybridized carbons (Fsp3) is 0.222. The van der Waals surface area contributed by atoms with E-state index in [4.69, 9.17) is 0 Å². The Morgan fingerprint density at radius 2 is 1.94 bits per heavy atom. The Hall–Kier alpha value is -1.02. The van der Waals surface area contributed by atoms with Crippen molar-refractivity contribution in [2.45, 2.75) is 5.33 Å². The molecule has 4 nitrogen and oxygen atoms in total. The summed E-state index contributed by atoms with van der Waals surface area (Å²) in [6.45, 7) is 0. The second kappa shape index (κ2) is 5.09. The van der Waals surface area contributed by atoms with Crippen LogP contribution in [0.15, 0.2) is 12.1 Å². The van der Waals surface area contributed by atoms with E-state index < -0.39 is 33.1 Å². The number of sulfonamides is 1. The van der Waals surface area contributed by atoms with E-state index in [0.717, 1.165) is 12.3 Å². The van der Waals surface area contributed by atoms with E-state index in [1.165, 1.54) is 0 Å². The fourth-order valence-corrected chi connectivity index (χ4v) is 1.96. The molecule has 1 N–H and O–H groups in total. The van der Waals surface area contributed by atoms with Crippen molar-refractivity contribution in [3.05, 3.63) is 34.9 Å². The Morgan fingerprint density at radius 3 is 2.41 bits per heavy atom. The Labute approximate surface area is 105 Å². The number of carbonyl (C=O) groups excluding carboxylic acids is 1. The molecule has 0 atom stereocenters. The van der Waals surface area contributed by atoms with Gasteiger partial charge in [-0.25, -0.2) is 21.9 Å². The van der Waals surface area contributed by atoms with Crippen molar-refractivity contribution in [3.8, 4) is 0 Å². The van der Waals surface area contributed by atoms with Gasteiger partial charge >= 0.3 is 0 Å². The van der Waals surface area contributed by atoms with Crippen LogP contribution in [0.2, 0.25) is 0 Å². The number of benzene rings is 1. The average Bonchev–Trinajstić information content (AvgIpc) is 2.18. The molecule has 0 radical (unpaired) electrons. The lowest BCUT2D eigenvalue weighted by molar-refractivity contribution is 0.0977. The van der Waals surface area contributed by atoms with Crippen LogP contribution in [0.1, 0.15) is 15.9 Å². The van der Waals surface area contributed by atoms with Crippen molar-refractivity contribution in [2.24, 2.45) is 0 Å². The molecule has 8 heteroatoms. The van der Waals surface area contributed by atoms with E-state index in [9.17, 15) is 22.0 Å². The molecule has 0 aliphatic carbocycles. The third kappa shape index (κ3) is 3.74. The lowest BCUT2D eigenvalue weighted by Gasteiger charge is -2.06. The Morgan fingerprint density at radius 1 is 1.35 bits per heavy atom. The molecule has 0 unspecified atom stereocenters. The number of nitrogens with one attached hydrogen (secondary N) is 1. The summed E-state index contributed by atoms with van der Waals surface area (Å²) >= 11 is 2.95. The summed E-state index contributed by atoms with van der Waals surface area (Å²) in [5.74, 6) is -2.98. The first kappa shape index (κ1) is 14.0. The summed E-state index contributed by atoms with van der Waals surface area (Å²) < 4.78 is 49.8. The lowest BCUT2D eigenvalue weighted by atomic mass is 10.1. The highest BCUT2D eigenvalue weighted by molar-refractivity contribution is 9.08. The van der Waals surface area contributed by atoms with Gasteiger partial charge in [0.1, 0.15) is 11.6 Å². The second-order valence-corrected chi connectivity index (χ2v) is 5.57. The third-order valence-corrected chi connectivity index (χ3v) is 2.96. The zero-order valence-corrected chi connectivity index (χ0v) is 11.0. The SMILES string of the molecule is CS(=O)(=O)NC(=O)c1cc(F)c(CBr)cc1F. The second-order valence-electron chi connectivity index (χ2n) is 3.26. The molecule has 1 amide bonds. The van der Waals surface area contributed by atoms with Gasteiger partial charge in [0.15, 0.2) is 0 Å². The van der Waals surface area contributed by atoms with Gasteiger partial charge in [-0.1, -0.05) is 15.9 Å². The topological polar surface area (TPSA) is 63.2 Å². The maximum absolute atomic E-state index is 13.4. The fourth-order valence-electron chi connectivity index (χ4n) is 1.09. The van der Waals surface area contributed by atoms with Crippen LogP contribution in [0.3, 0.4) is 0 Å². The van der Waals surface area contributed by atoms with E-state index in [1.54, 1.807) is 4.72 Å². The van der Waals surface area contributed by atoms with Gasteiger partial charge in [-0.2, -0.15) is 0 Å². The van der Waals surface area contributed by atoms with Crippen molar-refractivity contribution in [1.29, 1.82) is 0 Å². The number of rotatable bonds is 3. The molecule has 0 aliphatic heterocycles. The van der Waals surface area contributed by atoms with Gasteiger partial charge in [0.25, 0.3) is 5.91 Å². The molecule has 94 valence electrons. The molecule has 0 bridgehead atoms. The van der Waals surface area contributed by atoms with Crippen LogP contribution in [0, 0.1) is 11.6 Å². The molecule has 1 rings (SSSR count). The molecule has 0 spiro atoms. The maximum Gasteiger partial charge on any atom is 0.267 e. The van der Waals surface area contributed by atoms with Crippen molar-refractivity contribution >= 4 is 31.9 Å². The summed E-state index contributed by atoms with van der Waals surface area (Å²) in [7, 11) is -3.81. The van der Waals surface area contributed by atoms with Crippen molar-refractivity contribution in [2.75, 3.05) is 6.26 Å². The molecule has 0 saturated carbocycles. The van der Waals surface area contributed by atoms with Crippen molar-refractivity contribution in [1.82, 2.24) is 4.72 Å². The zero-order valence-electron chi connectivity index (χ0n) is 8.63. The van der Waals surface area contributed by atoms with Crippen molar-refractivity contribution in [3.63, 3.8) is 0 Å². The van der Waals surface area contributed by atoms with Crippen LogP contribution < -0.4 is 4.72 Å². The molecular weight excluding hydrogens is 320 g/mol. The van der Waals surface area contributed by atoms with E-state index in [0.29, 0.717) is 6.07 Å². The normalized spacial score (nSPS) is 11.3. The summed E-state index contributed by atoms with van der Waals surface area (Å²) in [5.41, 5.74) is -0.615. The van der Waals surface area contributed by atoms with Gasteiger partial charge in [-0.05, 0) is 12.1 Å². The standard InChI is InChI=1S/C9H8BrF2NO3S/c1-17(15,16)13-9(14)6-3-7(11)5(4-10)2-8(6)12/h2-3H,4H2,1H3,(H,13,14). The van der Waals surface area contributed by atoms with Gasteiger partial charge in [0.05, 0.1) is 11.8 Å². The van der Waals surface area contributed by atoms with E-state index >= 15 is 0 Å². The Bertz CT molecular complexity index is 560. The summed E-state index contributed by atoms with van der Waals surface area (Å²) in [4.78, 5) is 11.3. The van der Waals surface area contributed by atoms with Gasteiger partial charge in [0.2, 0.25) is 10.0 Å². The molecule has 1 aromatic carbocycles. The van der Waals surface area contributed by atoms with Crippen LogP contribution in [-0.4, -0.2) is 20.6 Å². The molecule has 0 aliphatic rings. The molecule has 0 heterocycles.